The number of piperazine rings is 1. The first-order valence-corrected chi connectivity index (χ1v) is 10.5. The Balaban J connectivity index is 1.36. The third kappa shape index (κ3) is 4.33. The van der Waals surface area contributed by atoms with Crippen LogP contribution in [0.3, 0.4) is 0 Å². The third-order valence-corrected chi connectivity index (χ3v) is 6.04. The van der Waals surface area contributed by atoms with Crippen molar-refractivity contribution in [3.8, 4) is 0 Å². The number of halogens is 2. The predicted molar refractivity (Wildman–Crippen MR) is 118 cm³/mol. The van der Waals surface area contributed by atoms with Crippen molar-refractivity contribution in [2.45, 2.75) is 19.4 Å². The van der Waals surface area contributed by atoms with Crippen LogP contribution >= 0.6 is 11.6 Å². The molecule has 10 heteroatoms. The molecule has 0 unspecified atom stereocenters. The average molecular weight is 446 g/mol. The van der Waals surface area contributed by atoms with Gasteiger partial charge in [-0.15, -0.1) is 0 Å². The van der Waals surface area contributed by atoms with Crippen LogP contribution in [0.1, 0.15) is 19.4 Å². The molecule has 4 rings (SSSR count). The number of aromatic nitrogens is 4. The summed E-state index contributed by atoms with van der Waals surface area (Å²) < 4.78 is 15.1. The van der Waals surface area contributed by atoms with Gasteiger partial charge in [0.1, 0.15) is 18.0 Å². The van der Waals surface area contributed by atoms with E-state index in [0.717, 1.165) is 22.4 Å². The van der Waals surface area contributed by atoms with Crippen LogP contribution in [-0.4, -0.2) is 63.3 Å². The Morgan fingerprint density at radius 1 is 1.23 bits per heavy atom. The highest BCUT2D eigenvalue weighted by atomic mass is 35.5. The lowest BCUT2D eigenvalue weighted by molar-refractivity contribution is -0.130. The van der Waals surface area contributed by atoms with Crippen molar-refractivity contribution < 1.29 is 9.18 Å². The summed E-state index contributed by atoms with van der Waals surface area (Å²) in [4.78, 5) is 25.5. The first-order valence-electron chi connectivity index (χ1n) is 10.1. The van der Waals surface area contributed by atoms with Crippen molar-refractivity contribution in [1.29, 1.82) is 0 Å². The van der Waals surface area contributed by atoms with Crippen molar-refractivity contribution in [2.75, 3.05) is 37.6 Å². The molecule has 1 aromatic carbocycles. The lowest BCUT2D eigenvalue weighted by Crippen LogP contribution is -2.52. The van der Waals surface area contributed by atoms with Gasteiger partial charge in [-0.25, -0.2) is 14.4 Å². The number of anilines is 1. The number of fused-ring (bicyclic) bond motifs is 1. The van der Waals surface area contributed by atoms with Gasteiger partial charge in [0, 0.05) is 43.8 Å². The van der Waals surface area contributed by atoms with Gasteiger partial charge < -0.3 is 9.80 Å². The van der Waals surface area contributed by atoms with E-state index in [0.29, 0.717) is 31.2 Å². The molecule has 31 heavy (non-hydrogen) atoms. The number of rotatable bonds is 5. The zero-order valence-corrected chi connectivity index (χ0v) is 18.5. The van der Waals surface area contributed by atoms with Gasteiger partial charge in [-0.2, -0.15) is 5.10 Å². The van der Waals surface area contributed by atoms with Crippen LogP contribution in [0.2, 0.25) is 5.02 Å². The minimum atomic E-state index is -0.574. The quantitative estimate of drug-likeness (QED) is 0.649. The minimum absolute atomic E-state index is 0.0140. The number of carbonyl (C=O) groups excluding carboxylic acids is 1. The monoisotopic (exact) mass is 445 g/mol. The number of carbonyl (C=O) groups is 1. The Hall–Kier alpha value is -2.78. The van der Waals surface area contributed by atoms with E-state index in [9.17, 15) is 9.18 Å². The molecule has 1 fully saturated rings. The molecule has 1 amide bonds. The van der Waals surface area contributed by atoms with E-state index in [1.54, 1.807) is 23.3 Å². The number of hydrogen-bond acceptors (Lipinski definition) is 6. The molecular weight excluding hydrogens is 421 g/mol. The summed E-state index contributed by atoms with van der Waals surface area (Å²) in [5.41, 5.74) is 0.960. The van der Waals surface area contributed by atoms with Gasteiger partial charge >= 0.3 is 0 Å². The Morgan fingerprint density at radius 2 is 1.97 bits per heavy atom. The number of hydrogen-bond donors (Lipinski definition) is 1. The molecule has 3 heterocycles. The van der Waals surface area contributed by atoms with Crippen molar-refractivity contribution in [3.63, 3.8) is 0 Å². The van der Waals surface area contributed by atoms with E-state index < -0.39 is 5.54 Å². The second-order valence-electron chi connectivity index (χ2n) is 8.17. The fourth-order valence-corrected chi connectivity index (χ4v) is 4.27. The second-order valence-corrected chi connectivity index (χ2v) is 8.58. The maximum Gasteiger partial charge on any atom is 0.236 e. The zero-order chi connectivity index (χ0) is 22.2. The van der Waals surface area contributed by atoms with Crippen molar-refractivity contribution in [1.82, 2.24) is 30.0 Å². The van der Waals surface area contributed by atoms with E-state index in [1.807, 2.05) is 25.8 Å². The number of nitrogens with one attached hydrogen (secondary N) is 1. The third-order valence-electron chi connectivity index (χ3n) is 5.73. The molecule has 3 aromatic rings. The van der Waals surface area contributed by atoms with E-state index in [1.165, 1.54) is 12.1 Å². The second kappa shape index (κ2) is 8.39. The molecule has 0 radical (unpaired) electrons. The fraction of sp³-hybridized carbons (Fsp3) is 0.429. The van der Waals surface area contributed by atoms with Gasteiger partial charge in [0.2, 0.25) is 5.91 Å². The summed E-state index contributed by atoms with van der Waals surface area (Å²) in [7, 11) is 1.85. The summed E-state index contributed by atoms with van der Waals surface area (Å²) in [6, 6.07) is 4.31. The van der Waals surface area contributed by atoms with Crippen LogP contribution in [0.25, 0.3) is 11.0 Å². The molecule has 0 aliphatic carbocycles. The minimum Gasteiger partial charge on any atom is -0.352 e. The van der Waals surface area contributed by atoms with Gasteiger partial charge in [0.25, 0.3) is 0 Å². The Bertz CT molecular complexity index is 1110. The van der Waals surface area contributed by atoms with Crippen molar-refractivity contribution in [2.24, 2.45) is 7.05 Å². The van der Waals surface area contributed by atoms with E-state index in [-0.39, 0.29) is 18.3 Å². The molecule has 0 saturated carbocycles. The highest BCUT2D eigenvalue weighted by Crippen LogP contribution is 2.28. The standard InChI is InChI=1S/C21H25ClFN7O/c1-21(2,16-5-4-14(23)10-17(16)22)26-12-18(31)29-6-8-30(9-7-29)20-15-11-27-28(3)19(15)24-13-25-20/h4-5,10-11,13,26H,6-9,12H2,1-3H3. The van der Waals surface area contributed by atoms with Crippen LogP contribution in [0.15, 0.2) is 30.7 Å². The van der Waals surface area contributed by atoms with Gasteiger partial charge in [0.05, 0.1) is 18.1 Å². The number of nitrogens with zero attached hydrogens (tertiary/aromatic N) is 6. The Kier molecular flexibility index (Phi) is 5.81. The summed E-state index contributed by atoms with van der Waals surface area (Å²) in [6.07, 6.45) is 3.32. The van der Waals surface area contributed by atoms with E-state index in [4.69, 9.17) is 11.6 Å². The molecular formula is C21H25ClFN7O. The smallest absolute Gasteiger partial charge is 0.236 e. The largest absolute Gasteiger partial charge is 0.352 e. The fourth-order valence-electron chi connectivity index (χ4n) is 3.87. The maximum absolute atomic E-state index is 13.4. The molecule has 1 saturated heterocycles. The topological polar surface area (TPSA) is 79.2 Å². The molecule has 1 N–H and O–H groups in total. The normalized spacial score (nSPS) is 15.0. The molecule has 0 spiro atoms. The lowest BCUT2D eigenvalue weighted by atomic mass is 9.94. The predicted octanol–water partition coefficient (Wildman–Crippen LogP) is 2.33. The summed E-state index contributed by atoms with van der Waals surface area (Å²) in [5.74, 6) is 0.473. The number of amides is 1. The van der Waals surface area contributed by atoms with Gasteiger partial charge in [-0.1, -0.05) is 17.7 Å². The Labute approximate surface area is 185 Å². The SMILES string of the molecule is Cn1ncc2c(N3CCN(C(=O)CNC(C)(C)c4ccc(F)cc4Cl)CC3)ncnc21. The molecule has 0 atom stereocenters. The van der Waals surface area contributed by atoms with Gasteiger partial charge in [-0.3, -0.25) is 14.8 Å². The van der Waals surface area contributed by atoms with Gasteiger partial charge in [-0.05, 0) is 31.5 Å². The first-order chi connectivity index (χ1) is 14.8. The highest BCUT2D eigenvalue weighted by molar-refractivity contribution is 6.31. The van der Waals surface area contributed by atoms with Crippen molar-refractivity contribution >= 4 is 34.4 Å². The van der Waals surface area contributed by atoms with Gasteiger partial charge in [0.15, 0.2) is 5.65 Å². The average Bonchev–Trinajstić information content (AvgIpc) is 3.13. The van der Waals surface area contributed by atoms with E-state index >= 15 is 0 Å². The molecule has 1 aliphatic rings. The summed E-state index contributed by atoms with van der Waals surface area (Å²) in [5, 5.41) is 8.77. The summed E-state index contributed by atoms with van der Waals surface area (Å²) >= 11 is 6.20. The Morgan fingerprint density at radius 3 is 2.68 bits per heavy atom. The molecule has 1 aliphatic heterocycles. The van der Waals surface area contributed by atoms with Crippen LogP contribution in [-0.2, 0) is 17.4 Å². The van der Waals surface area contributed by atoms with Crippen LogP contribution in [0, 0.1) is 5.82 Å². The van der Waals surface area contributed by atoms with Crippen LogP contribution in [0.4, 0.5) is 10.2 Å². The molecule has 0 bridgehead atoms. The van der Waals surface area contributed by atoms with E-state index in [2.05, 4.69) is 25.3 Å². The number of benzene rings is 1. The van der Waals surface area contributed by atoms with Crippen LogP contribution in [0.5, 0.6) is 0 Å². The maximum atomic E-state index is 13.4. The molecule has 2 aromatic heterocycles. The number of aryl methyl sites for hydroxylation is 1. The summed E-state index contributed by atoms with van der Waals surface area (Å²) in [6.45, 7) is 6.58. The highest BCUT2D eigenvalue weighted by Gasteiger charge is 2.27. The zero-order valence-electron chi connectivity index (χ0n) is 17.8. The first kappa shape index (κ1) is 21.5. The molecule has 164 valence electrons. The van der Waals surface area contributed by atoms with Crippen LogP contribution < -0.4 is 10.2 Å². The molecule has 8 nitrogen and oxygen atoms in total. The lowest BCUT2D eigenvalue weighted by Gasteiger charge is -2.36. The van der Waals surface area contributed by atoms with Crippen molar-refractivity contribution in [3.05, 3.63) is 47.1 Å².